The van der Waals surface area contributed by atoms with E-state index in [1.165, 1.54) is 6.26 Å². The van der Waals surface area contributed by atoms with Crippen LogP contribution in [0.2, 0.25) is 0 Å². The molecule has 20 heavy (non-hydrogen) atoms. The van der Waals surface area contributed by atoms with E-state index < -0.39 is 15.6 Å². The summed E-state index contributed by atoms with van der Waals surface area (Å²) in [4.78, 5) is 0. The maximum absolute atomic E-state index is 11.6. The molecule has 2 aliphatic rings. The smallest absolute Gasteiger partial charge is 0.211 e. The molecule has 0 aromatic rings. The Balaban J connectivity index is 1.77. The van der Waals surface area contributed by atoms with Gasteiger partial charge in [-0.2, -0.15) is 0 Å². The molecule has 2 rings (SSSR count). The van der Waals surface area contributed by atoms with Crippen molar-refractivity contribution in [3.8, 4) is 0 Å². The number of hydrogen-bond acceptors (Lipinski definition) is 5. The van der Waals surface area contributed by atoms with Crippen LogP contribution in [0, 0.1) is 5.92 Å². The molecular weight excluding hydrogens is 280 g/mol. The van der Waals surface area contributed by atoms with Crippen molar-refractivity contribution in [1.29, 1.82) is 0 Å². The lowest BCUT2D eigenvalue weighted by Crippen LogP contribution is -2.48. The first-order valence-corrected chi connectivity index (χ1v) is 9.16. The van der Waals surface area contributed by atoms with Gasteiger partial charge < -0.3 is 15.2 Å². The molecule has 0 amide bonds. The van der Waals surface area contributed by atoms with Gasteiger partial charge in [0.2, 0.25) is 10.0 Å². The van der Waals surface area contributed by atoms with Crippen LogP contribution in [0.1, 0.15) is 26.2 Å². The topological polar surface area (TPSA) is 78.9 Å². The van der Waals surface area contributed by atoms with Crippen LogP contribution in [0.25, 0.3) is 0 Å². The van der Waals surface area contributed by atoms with Gasteiger partial charge in [0.25, 0.3) is 0 Å². The van der Waals surface area contributed by atoms with E-state index in [1.54, 1.807) is 4.31 Å². The third kappa shape index (κ3) is 3.92. The molecule has 3 atom stereocenters. The minimum atomic E-state index is -3.08. The van der Waals surface area contributed by atoms with Gasteiger partial charge in [-0.05, 0) is 32.2 Å². The summed E-state index contributed by atoms with van der Waals surface area (Å²) in [6.07, 6.45) is 3.71. The summed E-state index contributed by atoms with van der Waals surface area (Å²) in [6, 6.07) is 0. The Kier molecular flexibility index (Phi) is 5.07. The number of hydrogen-bond donors (Lipinski definition) is 2. The van der Waals surface area contributed by atoms with Crippen LogP contribution in [0.4, 0.5) is 0 Å². The van der Waals surface area contributed by atoms with E-state index in [0.29, 0.717) is 38.6 Å². The van der Waals surface area contributed by atoms with Crippen LogP contribution in [0.15, 0.2) is 0 Å². The minimum Gasteiger partial charge on any atom is -0.386 e. The molecule has 0 aromatic heterocycles. The molecule has 0 spiro atoms. The third-order valence-corrected chi connectivity index (χ3v) is 5.74. The summed E-state index contributed by atoms with van der Waals surface area (Å²) in [5.41, 5.74) is -0.787. The molecule has 118 valence electrons. The molecule has 2 saturated heterocycles. The van der Waals surface area contributed by atoms with Gasteiger partial charge >= 0.3 is 0 Å². The van der Waals surface area contributed by atoms with Crippen molar-refractivity contribution in [2.24, 2.45) is 5.92 Å². The fourth-order valence-electron chi connectivity index (χ4n) is 2.99. The number of sulfonamides is 1. The van der Waals surface area contributed by atoms with Gasteiger partial charge in [-0.3, -0.25) is 0 Å². The number of ether oxygens (including phenoxy) is 1. The molecule has 2 fully saturated rings. The van der Waals surface area contributed by atoms with Gasteiger partial charge in [0.15, 0.2) is 0 Å². The molecule has 2 N–H and O–H groups in total. The fourth-order valence-corrected chi connectivity index (χ4v) is 3.93. The molecule has 0 bridgehead atoms. The molecule has 0 aromatic carbocycles. The van der Waals surface area contributed by atoms with Gasteiger partial charge in [0.1, 0.15) is 5.60 Å². The van der Waals surface area contributed by atoms with Crippen LogP contribution in [0.3, 0.4) is 0 Å². The van der Waals surface area contributed by atoms with Crippen LogP contribution in [-0.2, 0) is 14.8 Å². The maximum Gasteiger partial charge on any atom is 0.211 e. The number of nitrogens with one attached hydrogen (secondary N) is 1. The Morgan fingerprint density at radius 1 is 1.50 bits per heavy atom. The van der Waals surface area contributed by atoms with Crippen molar-refractivity contribution in [1.82, 2.24) is 9.62 Å². The quantitative estimate of drug-likeness (QED) is 0.735. The molecule has 2 aliphatic heterocycles. The molecule has 0 radical (unpaired) electrons. The maximum atomic E-state index is 11.6. The highest BCUT2D eigenvalue weighted by Crippen LogP contribution is 2.25. The first kappa shape index (κ1) is 16.2. The zero-order valence-electron chi connectivity index (χ0n) is 12.3. The van der Waals surface area contributed by atoms with E-state index in [4.69, 9.17) is 4.74 Å². The number of rotatable bonds is 5. The first-order chi connectivity index (χ1) is 9.31. The van der Waals surface area contributed by atoms with E-state index in [-0.39, 0.29) is 6.10 Å². The average molecular weight is 306 g/mol. The predicted octanol–water partition coefficient (Wildman–Crippen LogP) is -0.212. The van der Waals surface area contributed by atoms with Crippen molar-refractivity contribution in [3.63, 3.8) is 0 Å². The van der Waals surface area contributed by atoms with Gasteiger partial charge in [-0.1, -0.05) is 0 Å². The van der Waals surface area contributed by atoms with Gasteiger partial charge in [-0.25, -0.2) is 12.7 Å². The monoisotopic (exact) mass is 306 g/mol. The third-order valence-electron chi connectivity index (χ3n) is 4.47. The Morgan fingerprint density at radius 3 is 2.85 bits per heavy atom. The summed E-state index contributed by atoms with van der Waals surface area (Å²) < 4.78 is 30.1. The number of aliphatic hydroxyl groups is 1. The Bertz CT molecular complexity index is 428. The molecule has 0 aliphatic carbocycles. The Labute approximate surface area is 121 Å². The number of piperidine rings is 1. The zero-order chi connectivity index (χ0) is 14.8. The summed E-state index contributed by atoms with van der Waals surface area (Å²) in [5, 5.41) is 13.7. The summed E-state index contributed by atoms with van der Waals surface area (Å²) >= 11 is 0. The lowest BCUT2D eigenvalue weighted by Gasteiger charge is -2.32. The van der Waals surface area contributed by atoms with Gasteiger partial charge in [0, 0.05) is 32.7 Å². The van der Waals surface area contributed by atoms with Crippen molar-refractivity contribution >= 4 is 10.0 Å². The van der Waals surface area contributed by atoms with Crippen molar-refractivity contribution < 1.29 is 18.3 Å². The second-order valence-corrected chi connectivity index (χ2v) is 8.11. The standard InChI is InChI=1S/C13H26N2O4S/c1-11-13(16,5-7-19-11)10-14-8-12-4-3-6-15(9-12)20(2,17)18/h11-12,14,16H,3-10H2,1-2H3. The predicted molar refractivity (Wildman–Crippen MR) is 77.0 cm³/mol. The average Bonchev–Trinajstić information content (AvgIpc) is 2.69. The van der Waals surface area contributed by atoms with Crippen molar-refractivity contribution in [3.05, 3.63) is 0 Å². The van der Waals surface area contributed by atoms with E-state index in [0.717, 1.165) is 19.4 Å². The highest BCUT2D eigenvalue weighted by Gasteiger charge is 2.39. The lowest BCUT2D eigenvalue weighted by molar-refractivity contribution is -0.0267. The van der Waals surface area contributed by atoms with E-state index in [9.17, 15) is 13.5 Å². The van der Waals surface area contributed by atoms with Crippen LogP contribution >= 0.6 is 0 Å². The normalized spacial score (nSPS) is 36.4. The molecule has 3 unspecified atom stereocenters. The molecular formula is C13H26N2O4S. The number of nitrogens with zero attached hydrogens (tertiary/aromatic N) is 1. The fraction of sp³-hybridized carbons (Fsp3) is 1.00. The highest BCUT2D eigenvalue weighted by molar-refractivity contribution is 7.88. The van der Waals surface area contributed by atoms with Crippen LogP contribution in [0.5, 0.6) is 0 Å². The van der Waals surface area contributed by atoms with Crippen LogP contribution in [-0.4, -0.2) is 68.6 Å². The second-order valence-electron chi connectivity index (χ2n) is 6.13. The summed E-state index contributed by atoms with van der Waals surface area (Å²) in [6.45, 7) is 4.94. The summed E-state index contributed by atoms with van der Waals surface area (Å²) in [5.74, 6) is 0.319. The largest absolute Gasteiger partial charge is 0.386 e. The molecule has 0 saturated carbocycles. The SMILES string of the molecule is CC1OCCC1(O)CNCC1CCCN(S(C)(=O)=O)C1. The van der Waals surface area contributed by atoms with Crippen molar-refractivity contribution in [2.45, 2.75) is 37.9 Å². The minimum absolute atomic E-state index is 0.145. The molecule has 7 heteroatoms. The highest BCUT2D eigenvalue weighted by atomic mass is 32.2. The Morgan fingerprint density at radius 2 is 2.25 bits per heavy atom. The first-order valence-electron chi connectivity index (χ1n) is 7.31. The van der Waals surface area contributed by atoms with Gasteiger partial charge in [-0.15, -0.1) is 0 Å². The van der Waals surface area contributed by atoms with Gasteiger partial charge in [0.05, 0.1) is 12.4 Å². The Hall–Kier alpha value is -0.210. The lowest BCUT2D eigenvalue weighted by atomic mass is 9.95. The zero-order valence-corrected chi connectivity index (χ0v) is 13.2. The molecule has 6 nitrogen and oxygen atoms in total. The van der Waals surface area contributed by atoms with E-state index in [2.05, 4.69) is 5.32 Å². The van der Waals surface area contributed by atoms with E-state index in [1.807, 2.05) is 6.92 Å². The van der Waals surface area contributed by atoms with E-state index >= 15 is 0 Å². The molecule has 2 heterocycles. The second kappa shape index (κ2) is 6.27. The van der Waals surface area contributed by atoms with Crippen LogP contribution < -0.4 is 5.32 Å². The summed E-state index contributed by atoms with van der Waals surface area (Å²) in [7, 11) is -3.08. The van der Waals surface area contributed by atoms with Crippen molar-refractivity contribution in [2.75, 3.05) is 39.0 Å².